The van der Waals surface area contributed by atoms with Crippen LogP contribution < -0.4 is 4.90 Å². The van der Waals surface area contributed by atoms with E-state index in [9.17, 15) is 9.90 Å². The van der Waals surface area contributed by atoms with Gasteiger partial charge in [0.1, 0.15) is 0 Å². The maximum Gasteiger partial charge on any atom is 0.222 e. The van der Waals surface area contributed by atoms with Crippen LogP contribution in [0.5, 0.6) is 0 Å². The zero-order chi connectivity index (χ0) is 27.5. The van der Waals surface area contributed by atoms with Crippen LogP contribution in [-0.2, 0) is 11.8 Å². The molecule has 0 radical (unpaired) electrons. The summed E-state index contributed by atoms with van der Waals surface area (Å²) in [5.41, 5.74) is 3.47. The second-order valence-electron chi connectivity index (χ2n) is 14.7. The highest BCUT2D eigenvalue weighted by Crippen LogP contribution is 2.67. The summed E-state index contributed by atoms with van der Waals surface area (Å²) in [4.78, 5) is 17.8. The Bertz CT molecular complexity index is 1100. The predicted molar refractivity (Wildman–Crippen MR) is 156 cm³/mol. The van der Waals surface area contributed by atoms with E-state index in [1.54, 1.807) is 5.57 Å². The van der Waals surface area contributed by atoms with Gasteiger partial charge in [-0.1, -0.05) is 32.4 Å². The van der Waals surface area contributed by atoms with E-state index in [1.165, 1.54) is 38.5 Å². The van der Waals surface area contributed by atoms with Crippen LogP contribution in [0.25, 0.3) is 0 Å². The number of amides is 1. The molecule has 39 heavy (non-hydrogen) atoms. The largest absolute Gasteiger partial charge is 0.393 e. The molecule has 216 valence electrons. The third-order valence-corrected chi connectivity index (χ3v) is 12.7. The van der Waals surface area contributed by atoms with Gasteiger partial charge in [-0.25, -0.2) is 0 Å². The fraction of sp³-hybridized carbons (Fsp3) is 0.818. The van der Waals surface area contributed by atoms with E-state index < -0.39 is 0 Å². The number of nitrogens with zero attached hydrogens (tertiary/aromatic N) is 4. The maximum atomic E-state index is 13.3. The topological polar surface area (TPSA) is 61.6 Å². The number of aliphatic hydroxyl groups is 1. The van der Waals surface area contributed by atoms with Crippen LogP contribution in [0, 0.1) is 40.4 Å². The number of allylic oxidation sites excluding steroid dienone is 1. The Morgan fingerprint density at radius 3 is 2.72 bits per heavy atom. The Labute approximate surface area is 236 Å². The summed E-state index contributed by atoms with van der Waals surface area (Å²) < 4.78 is 1.85. The van der Waals surface area contributed by atoms with E-state index in [1.807, 2.05) is 17.9 Å². The number of piperazine rings is 1. The van der Waals surface area contributed by atoms with Crippen LogP contribution in [0.15, 0.2) is 24.0 Å². The summed E-state index contributed by atoms with van der Waals surface area (Å²) in [6.45, 7) is 12.3. The molecule has 9 atom stereocenters. The third-order valence-electron chi connectivity index (χ3n) is 12.7. The second kappa shape index (κ2) is 10.2. The second-order valence-corrected chi connectivity index (χ2v) is 14.7. The maximum absolute atomic E-state index is 13.3. The molecule has 1 aliphatic heterocycles. The summed E-state index contributed by atoms with van der Waals surface area (Å²) in [5.74, 6) is 4.12. The van der Waals surface area contributed by atoms with Gasteiger partial charge >= 0.3 is 0 Å². The normalized spacial score (nSPS) is 40.9. The smallest absolute Gasteiger partial charge is 0.222 e. The van der Waals surface area contributed by atoms with Crippen molar-refractivity contribution in [2.75, 3.05) is 24.5 Å². The van der Waals surface area contributed by atoms with Gasteiger partial charge in [-0.05, 0) is 105 Å². The number of anilines is 1. The molecular weight excluding hydrogens is 484 g/mol. The van der Waals surface area contributed by atoms with E-state index in [0.29, 0.717) is 35.1 Å². The molecule has 0 aromatic carbocycles. The predicted octanol–water partition coefficient (Wildman–Crippen LogP) is 5.81. The van der Waals surface area contributed by atoms with Gasteiger partial charge in [0.15, 0.2) is 0 Å². The Balaban J connectivity index is 1.05. The van der Waals surface area contributed by atoms with Gasteiger partial charge in [-0.15, -0.1) is 0 Å². The number of hydrogen-bond acceptors (Lipinski definition) is 4. The highest BCUT2D eigenvalue weighted by Gasteiger charge is 2.59. The van der Waals surface area contributed by atoms with Gasteiger partial charge in [0, 0.05) is 45.3 Å². The monoisotopic (exact) mass is 536 g/mol. The third kappa shape index (κ3) is 4.67. The van der Waals surface area contributed by atoms with Crippen molar-refractivity contribution in [3.8, 4) is 0 Å². The van der Waals surface area contributed by atoms with E-state index in [-0.39, 0.29) is 6.10 Å². The number of aromatic nitrogens is 2. The van der Waals surface area contributed by atoms with E-state index >= 15 is 0 Å². The lowest BCUT2D eigenvalue weighted by Crippen LogP contribution is -2.53. The Hall–Kier alpha value is -1.82. The molecule has 1 amide bonds. The Kier molecular flexibility index (Phi) is 7.17. The lowest BCUT2D eigenvalue weighted by molar-refractivity contribution is -0.132. The van der Waals surface area contributed by atoms with Crippen LogP contribution in [0.3, 0.4) is 0 Å². The van der Waals surface area contributed by atoms with E-state index in [4.69, 9.17) is 0 Å². The molecule has 1 saturated heterocycles. The molecular formula is C33H52N4O2. The number of rotatable bonds is 5. The lowest BCUT2D eigenvalue weighted by atomic mass is 9.47. The molecule has 3 saturated carbocycles. The van der Waals surface area contributed by atoms with Gasteiger partial charge < -0.3 is 14.9 Å². The molecule has 0 unspecified atom stereocenters. The van der Waals surface area contributed by atoms with Crippen LogP contribution in [0.1, 0.15) is 91.9 Å². The summed E-state index contributed by atoms with van der Waals surface area (Å²) in [5, 5.41) is 14.6. The number of carbonyl (C=O) groups is 1. The molecule has 1 aromatic heterocycles. The molecule has 0 bridgehead atoms. The molecule has 1 aromatic rings. The van der Waals surface area contributed by atoms with Crippen molar-refractivity contribution >= 4 is 11.6 Å². The minimum atomic E-state index is -0.123. The van der Waals surface area contributed by atoms with Crippen molar-refractivity contribution in [3.63, 3.8) is 0 Å². The van der Waals surface area contributed by atoms with Gasteiger partial charge in [0.25, 0.3) is 0 Å². The van der Waals surface area contributed by atoms with Crippen molar-refractivity contribution in [1.29, 1.82) is 0 Å². The number of aryl methyl sites for hydroxylation is 1. The fourth-order valence-corrected chi connectivity index (χ4v) is 10.5. The minimum Gasteiger partial charge on any atom is -0.393 e. The quantitative estimate of drug-likeness (QED) is 0.482. The number of fused-ring (bicyclic) bond motifs is 5. The highest BCUT2D eigenvalue weighted by molar-refractivity contribution is 5.76. The number of aliphatic hydroxyl groups excluding tert-OH is 1. The molecule has 6 heteroatoms. The zero-order valence-corrected chi connectivity index (χ0v) is 25.1. The zero-order valence-electron chi connectivity index (χ0n) is 25.1. The number of carbonyl (C=O) groups excluding carboxylic acids is 1. The van der Waals surface area contributed by atoms with Crippen LogP contribution in [0.4, 0.5) is 5.69 Å². The molecule has 6 nitrogen and oxygen atoms in total. The summed E-state index contributed by atoms with van der Waals surface area (Å²) in [6.07, 6.45) is 17.8. The van der Waals surface area contributed by atoms with Crippen molar-refractivity contribution in [2.24, 2.45) is 47.5 Å². The van der Waals surface area contributed by atoms with Crippen molar-refractivity contribution in [1.82, 2.24) is 14.7 Å². The van der Waals surface area contributed by atoms with Gasteiger partial charge in [-0.3, -0.25) is 9.48 Å². The average molecular weight is 537 g/mol. The lowest BCUT2D eigenvalue weighted by Gasteiger charge is -2.58. The molecule has 1 N–H and O–H groups in total. The van der Waals surface area contributed by atoms with Gasteiger partial charge in [-0.2, -0.15) is 5.10 Å². The Morgan fingerprint density at radius 2 is 1.97 bits per heavy atom. The van der Waals surface area contributed by atoms with Crippen LogP contribution in [-0.4, -0.2) is 57.5 Å². The van der Waals surface area contributed by atoms with E-state index in [0.717, 1.165) is 68.3 Å². The number of hydrogen-bond donors (Lipinski definition) is 1. The van der Waals surface area contributed by atoms with Gasteiger partial charge in [0.2, 0.25) is 5.91 Å². The molecule has 6 rings (SSSR count). The molecule has 2 heterocycles. The minimum absolute atomic E-state index is 0.123. The average Bonchev–Trinajstić information content (AvgIpc) is 3.50. The van der Waals surface area contributed by atoms with E-state index in [2.05, 4.69) is 54.9 Å². The first-order valence-corrected chi connectivity index (χ1v) is 16.0. The molecule has 0 spiro atoms. The first kappa shape index (κ1) is 27.4. The highest BCUT2D eigenvalue weighted by atomic mass is 16.3. The first-order chi connectivity index (χ1) is 18.6. The van der Waals surface area contributed by atoms with Crippen LogP contribution >= 0.6 is 0 Å². The molecule has 4 fully saturated rings. The Morgan fingerprint density at radius 1 is 1.15 bits per heavy atom. The molecule has 5 aliphatic rings. The SMILES string of the molecule is C[C@H](CCC(=O)N1CCN(c2cnn(C)c2)[C@@H](C)C1)[C@H]1CC[C@H]2[C@@H]3CC=C4C[C@@H](O)CC[C@]4(C)[C@H]3CC[C@]12C. The van der Waals surface area contributed by atoms with Crippen molar-refractivity contribution < 1.29 is 9.90 Å². The van der Waals surface area contributed by atoms with Crippen molar-refractivity contribution in [3.05, 3.63) is 24.0 Å². The molecule has 4 aliphatic carbocycles. The standard InChI is InChI=1S/C33H52N4O2/c1-22(6-11-31(39)36-16-17-37(23(2)20-36)25-19-34-35(5)21-25)28-9-10-29-27-8-7-24-18-26(38)12-14-32(24,3)30(27)13-15-33(28,29)4/h7,19,21-23,26-30,38H,6,8-18,20H2,1-5H3/t22-,23+,26+,27+,28-,29+,30+,32+,33-/m1/s1. The van der Waals surface area contributed by atoms with Gasteiger partial charge in [0.05, 0.1) is 18.0 Å². The summed E-state index contributed by atoms with van der Waals surface area (Å²) >= 11 is 0. The summed E-state index contributed by atoms with van der Waals surface area (Å²) in [7, 11) is 1.96. The first-order valence-electron chi connectivity index (χ1n) is 16.0. The van der Waals surface area contributed by atoms with Crippen LogP contribution in [0.2, 0.25) is 0 Å². The fourth-order valence-electron chi connectivity index (χ4n) is 10.5. The summed E-state index contributed by atoms with van der Waals surface area (Å²) in [6, 6.07) is 0.313. The van der Waals surface area contributed by atoms with Crippen molar-refractivity contribution in [2.45, 2.75) is 104 Å².